The molecule has 0 bridgehead atoms. The van der Waals surface area contributed by atoms with E-state index >= 15 is 0 Å². The van der Waals surface area contributed by atoms with Crippen LogP contribution in [0.5, 0.6) is 0 Å². The summed E-state index contributed by atoms with van der Waals surface area (Å²) in [5, 5.41) is 1.84. The third-order valence-corrected chi connectivity index (χ3v) is 4.06. The van der Waals surface area contributed by atoms with E-state index in [2.05, 4.69) is 13.0 Å². The van der Waals surface area contributed by atoms with Crippen LogP contribution in [0.15, 0.2) is 35.2 Å². The Labute approximate surface area is 156 Å². The molecule has 0 fully saturated rings. The third-order valence-electron chi connectivity index (χ3n) is 3.22. The number of rotatable bonds is 3. The van der Waals surface area contributed by atoms with Gasteiger partial charge in [0.25, 0.3) is 0 Å². The molecule has 3 nitrogen and oxygen atoms in total. The summed E-state index contributed by atoms with van der Waals surface area (Å²) in [6.07, 6.45) is 1.72. The molecule has 0 N–H and O–H groups in total. The van der Waals surface area contributed by atoms with Crippen LogP contribution in [-0.2, 0) is 23.0 Å². The zero-order valence-electron chi connectivity index (χ0n) is 11.4. The summed E-state index contributed by atoms with van der Waals surface area (Å²) in [5.74, 6) is 0. The molecule has 0 saturated carbocycles. The van der Waals surface area contributed by atoms with Crippen molar-refractivity contribution < 1.29 is 64.4 Å². The summed E-state index contributed by atoms with van der Waals surface area (Å²) in [4.78, 5) is -0.155. The zero-order chi connectivity index (χ0) is 13.3. The molecule has 5 heteroatoms. The number of hydrogen-bond donors (Lipinski definition) is 0. The molecule has 0 aliphatic heterocycles. The number of hydrogen-bond acceptors (Lipinski definition) is 3. The first-order valence-electron chi connectivity index (χ1n) is 5.97. The van der Waals surface area contributed by atoms with Crippen LogP contribution >= 0.6 is 0 Å². The Morgan fingerprint density at radius 2 is 1.68 bits per heavy atom. The molecule has 0 aliphatic carbocycles. The van der Waals surface area contributed by atoms with Gasteiger partial charge in [-0.3, -0.25) is 0 Å². The Bertz CT molecular complexity index is 693. The van der Waals surface area contributed by atoms with Crippen LogP contribution in [0.25, 0.3) is 10.8 Å². The SMILES string of the molecule is CCc1ccc2ccc(S(=O)(=O)[O-])cc2c1CC.[K+]. The number of fused-ring (bicyclic) bond motifs is 1. The molecule has 0 saturated heterocycles. The molecule has 96 valence electrons. The van der Waals surface area contributed by atoms with Crippen molar-refractivity contribution in [2.75, 3.05) is 0 Å². The van der Waals surface area contributed by atoms with Crippen LogP contribution in [0.1, 0.15) is 25.0 Å². The molecule has 0 aliphatic rings. The molecular weight excluding hydrogens is 287 g/mol. The van der Waals surface area contributed by atoms with Gasteiger partial charge in [0.05, 0.1) is 4.90 Å². The normalized spacial score (nSPS) is 11.3. The van der Waals surface area contributed by atoms with Crippen molar-refractivity contribution in [3.8, 4) is 0 Å². The maximum atomic E-state index is 11.1. The molecule has 0 aromatic heterocycles. The van der Waals surface area contributed by atoms with Gasteiger partial charge in [-0.25, -0.2) is 8.42 Å². The molecule has 0 spiro atoms. The van der Waals surface area contributed by atoms with E-state index in [9.17, 15) is 13.0 Å². The van der Waals surface area contributed by atoms with Crippen molar-refractivity contribution in [2.24, 2.45) is 0 Å². The second kappa shape index (κ2) is 6.80. The second-order valence-electron chi connectivity index (χ2n) is 4.25. The van der Waals surface area contributed by atoms with E-state index in [0.717, 1.165) is 29.2 Å². The number of aryl methyl sites for hydroxylation is 2. The van der Waals surface area contributed by atoms with Gasteiger partial charge in [0.1, 0.15) is 10.1 Å². The summed E-state index contributed by atoms with van der Waals surface area (Å²) in [7, 11) is -4.39. The van der Waals surface area contributed by atoms with Crippen LogP contribution in [-0.4, -0.2) is 13.0 Å². The summed E-state index contributed by atoms with van der Waals surface area (Å²) in [5.41, 5.74) is 2.32. The van der Waals surface area contributed by atoms with Crippen molar-refractivity contribution in [3.63, 3.8) is 0 Å². The van der Waals surface area contributed by atoms with Gasteiger partial charge in [0.15, 0.2) is 0 Å². The van der Waals surface area contributed by atoms with Crippen molar-refractivity contribution in [3.05, 3.63) is 41.5 Å². The van der Waals surface area contributed by atoms with Gasteiger partial charge in [-0.1, -0.05) is 32.0 Å². The summed E-state index contributed by atoms with van der Waals surface area (Å²) in [6.45, 7) is 4.10. The second-order valence-corrected chi connectivity index (χ2v) is 5.63. The van der Waals surface area contributed by atoms with E-state index in [4.69, 9.17) is 0 Å². The maximum Gasteiger partial charge on any atom is 1.00 e. The van der Waals surface area contributed by atoms with E-state index in [1.54, 1.807) is 6.07 Å². The molecule has 2 rings (SSSR count). The van der Waals surface area contributed by atoms with Gasteiger partial charge >= 0.3 is 51.4 Å². The van der Waals surface area contributed by atoms with Gasteiger partial charge < -0.3 is 4.55 Å². The van der Waals surface area contributed by atoms with Crippen LogP contribution in [0, 0.1) is 0 Å². The van der Waals surface area contributed by atoms with Gasteiger partial charge in [0, 0.05) is 0 Å². The third kappa shape index (κ3) is 3.67. The fourth-order valence-corrected chi connectivity index (χ4v) is 2.81. The van der Waals surface area contributed by atoms with Crippen LogP contribution in [0.2, 0.25) is 0 Å². The van der Waals surface area contributed by atoms with Gasteiger partial charge in [0.2, 0.25) is 0 Å². The van der Waals surface area contributed by atoms with E-state index in [-0.39, 0.29) is 56.3 Å². The van der Waals surface area contributed by atoms with Crippen LogP contribution in [0.4, 0.5) is 0 Å². The molecule has 0 amide bonds. The minimum atomic E-state index is -4.39. The number of benzene rings is 2. The summed E-state index contributed by atoms with van der Waals surface area (Å²) in [6, 6.07) is 8.59. The van der Waals surface area contributed by atoms with E-state index in [1.165, 1.54) is 17.7 Å². The minimum Gasteiger partial charge on any atom is -0.744 e. The average Bonchev–Trinajstić information content (AvgIpc) is 2.35. The standard InChI is InChI=1S/C14H16O3S.K/c1-3-10-5-6-11-7-8-12(18(15,16)17)9-14(11)13(10)4-2;/h5-9H,3-4H2,1-2H3,(H,15,16,17);/q;+1/p-1. The summed E-state index contributed by atoms with van der Waals surface area (Å²) < 4.78 is 33.2. The Hall–Kier alpha value is 0.246. The van der Waals surface area contributed by atoms with E-state index < -0.39 is 10.1 Å². The van der Waals surface area contributed by atoms with Crippen LogP contribution in [0.3, 0.4) is 0 Å². The molecule has 0 atom stereocenters. The molecule has 0 unspecified atom stereocenters. The summed E-state index contributed by atoms with van der Waals surface area (Å²) >= 11 is 0. The topological polar surface area (TPSA) is 57.2 Å². The van der Waals surface area contributed by atoms with E-state index in [1.807, 2.05) is 13.0 Å². The van der Waals surface area contributed by atoms with Crippen LogP contribution < -0.4 is 51.4 Å². The van der Waals surface area contributed by atoms with Gasteiger partial charge in [-0.05, 0) is 46.9 Å². The van der Waals surface area contributed by atoms with Crippen molar-refractivity contribution in [1.82, 2.24) is 0 Å². The first kappa shape index (κ1) is 17.3. The molecule has 2 aromatic rings. The fourth-order valence-electron chi connectivity index (χ4n) is 2.31. The first-order chi connectivity index (χ1) is 8.47. The van der Waals surface area contributed by atoms with Crippen molar-refractivity contribution >= 4 is 20.9 Å². The van der Waals surface area contributed by atoms with Gasteiger partial charge in [-0.15, -0.1) is 0 Å². The Morgan fingerprint density at radius 3 is 2.21 bits per heavy atom. The molecule has 19 heavy (non-hydrogen) atoms. The molecular formula is C14H15KO3S. The minimum absolute atomic E-state index is 0. The predicted octanol–water partition coefficient (Wildman–Crippen LogP) is -0.127. The Balaban J connectivity index is 0.00000180. The average molecular weight is 302 g/mol. The zero-order valence-corrected chi connectivity index (χ0v) is 15.4. The fraction of sp³-hybridized carbons (Fsp3) is 0.286. The molecule has 0 radical (unpaired) electrons. The Kier molecular flexibility index (Phi) is 6.19. The maximum absolute atomic E-state index is 11.1. The monoisotopic (exact) mass is 302 g/mol. The predicted molar refractivity (Wildman–Crippen MR) is 70.7 cm³/mol. The smallest absolute Gasteiger partial charge is 0.744 e. The molecule has 0 heterocycles. The molecule has 2 aromatic carbocycles. The van der Waals surface area contributed by atoms with Gasteiger partial charge in [-0.2, -0.15) is 0 Å². The van der Waals surface area contributed by atoms with Crippen molar-refractivity contribution in [1.29, 1.82) is 0 Å². The first-order valence-corrected chi connectivity index (χ1v) is 7.38. The van der Waals surface area contributed by atoms with Crippen molar-refractivity contribution in [2.45, 2.75) is 31.6 Å². The largest absolute Gasteiger partial charge is 1.00 e. The van der Waals surface area contributed by atoms with E-state index in [0.29, 0.717) is 0 Å². The quantitative estimate of drug-likeness (QED) is 0.586. The Morgan fingerprint density at radius 1 is 1.05 bits per heavy atom.